The van der Waals surface area contributed by atoms with Crippen LogP contribution in [-0.2, 0) is 16.1 Å². The smallest absolute Gasteiger partial charge is 0.246 e. The SMILES string of the molecule is C=CC(=O)N1CCCC(Nc2nc(Nc3cnn(CCOC)c3)nc3[nH]ccc23)C1. The third kappa shape index (κ3) is 4.43. The molecule has 1 amide bonds. The average molecular weight is 410 g/mol. The summed E-state index contributed by atoms with van der Waals surface area (Å²) in [6.45, 7) is 6.23. The molecule has 1 atom stereocenters. The van der Waals surface area contributed by atoms with Crippen molar-refractivity contribution in [3.8, 4) is 0 Å². The molecule has 10 nitrogen and oxygen atoms in total. The zero-order chi connectivity index (χ0) is 20.9. The summed E-state index contributed by atoms with van der Waals surface area (Å²) >= 11 is 0. The van der Waals surface area contributed by atoms with Crippen molar-refractivity contribution in [1.29, 1.82) is 0 Å². The molecule has 0 aliphatic carbocycles. The molecule has 0 aromatic carbocycles. The van der Waals surface area contributed by atoms with Crippen LogP contribution in [0.1, 0.15) is 12.8 Å². The predicted molar refractivity (Wildman–Crippen MR) is 115 cm³/mol. The Morgan fingerprint density at radius 1 is 1.47 bits per heavy atom. The van der Waals surface area contributed by atoms with E-state index in [1.807, 2.05) is 23.4 Å². The zero-order valence-corrected chi connectivity index (χ0v) is 17.0. The Kier molecular flexibility index (Phi) is 5.94. The lowest BCUT2D eigenvalue weighted by Gasteiger charge is -2.33. The number of rotatable bonds is 8. The van der Waals surface area contributed by atoms with Gasteiger partial charge >= 0.3 is 0 Å². The highest BCUT2D eigenvalue weighted by atomic mass is 16.5. The summed E-state index contributed by atoms with van der Waals surface area (Å²) in [5.41, 5.74) is 1.53. The minimum absolute atomic E-state index is 0.0381. The molecule has 0 spiro atoms. The van der Waals surface area contributed by atoms with Crippen molar-refractivity contribution in [3.05, 3.63) is 37.3 Å². The highest BCUT2D eigenvalue weighted by molar-refractivity contribution is 5.89. The largest absolute Gasteiger partial charge is 0.383 e. The molecule has 4 heterocycles. The lowest BCUT2D eigenvalue weighted by molar-refractivity contribution is -0.127. The summed E-state index contributed by atoms with van der Waals surface area (Å²) in [7, 11) is 1.66. The first-order chi connectivity index (χ1) is 14.7. The molecule has 0 radical (unpaired) electrons. The number of hydrogen-bond donors (Lipinski definition) is 3. The number of hydrogen-bond acceptors (Lipinski definition) is 7. The lowest BCUT2D eigenvalue weighted by atomic mass is 10.1. The number of anilines is 3. The van der Waals surface area contributed by atoms with E-state index in [1.54, 1.807) is 18.0 Å². The molecule has 3 aromatic heterocycles. The third-order valence-electron chi connectivity index (χ3n) is 5.08. The van der Waals surface area contributed by atoms with Gasteiger partial charge in [-0.2, -0.15) is 15.1 Å². The number of nitrogens with one attached hydrogen (secondary N) is 3. The Balaban J connectivity index is 1.52. The van der Waals surface area contributed by atoms with E-state index < -0.39 is 0 Å². The first kappa shape index (κ1) is 19.9. The van der Waals surface area contributed by atoms with E-state index in [0.29, 0.717) is 25.6 Å². The number of amides is 1. The molecule has 4 rings (SSSR count). The van der Waals surface area contributed by atoms with Crippen molar-refractivity contribution in [2.75, 3.05) is 37.4 Å². The van der Waals surface area contributed by atoms with E-state index in [2.05, 4.69) is 37.3 Å². The topological polar surface area (TPSA) is 113 Å². The Labute approximate surface area is 174 Å². The van der Waals surface area contributed by atoms with E-state index in [4.69, 9.17) is 4.74 Å². The van der Waals surface area contributed by atoms with Gasteiger partial charge in [0.1, 0.15) is 11.5 Å². The molecular weight excluding hydrogens is 384 g/mol. The zero-order valence-electron chi connectivity index (χ0n) is 17.0. The fraction of sp³-hybridized carbons (Fsp3) is 0.400. The summed E-state index contributed by atoms with van der Waals surface area (Å²) in [6.07, 6.45) is 8.72. The van der Waals surface area contributed by atoms with Crippen molar-refractivity contribution in [3.63, 3.8) is 0 Å². The van der Waals surface area contributed by atoms with Gasteiger partial charge in [-0.1, -0.05) is 6.58 Å². The van der Waals surface area contributed by atoms with E-state index in [1.165, 1.54) is 6.08 Å². The number of methoxy groups -OCH3 is 1. The summed E-state index contributed by atoms with van der Waals surface area (Å²) in [5, 5.41) is 11.9. The van der Waals surface area contributed by atoms with Crippen molar-refractivity contribution in [2.45, 2.75) is 25.4 Å². The molecule has 1 aliphatic rings. The van der Waals surface area contributed by atoms with Crippen molar-refractivity contribution < 1.29 is 9.53 Å². The summed E-state index contributed by atoms with van der Waals surface area (Å²) in [5.74, 6) is 1.16. The number of fused-ring (bicyclic) bond motifs is 1. The van der Waals surface area contributed by atoms with Crippen LogP contribution in [0.25, 0.3) is 11.0 Å². The normalized spacial score (nSPS) is 16.6. The molecule has 0 bridgehead atoms. The van der Waals surface area contributed by atoms with Gasteiger partial charge in [-0.25, -0.2) is 0 Å². The van der Waals surface area contributed by atoms with Crippen LogP contribution < -0.4 is 10.6 Å². The Morgan fingerprint density at radius 2 is 2.37 bits per heavy atom. The molecule has 158 valence electrons. The van der Waals surface area contributed by atoms with Gasteiger partial charge in [0.15, 0.2) is 0 Å². The Bertz CT molecular complexity index is 1030. The molecule has 3 N–H and O–H groups in total. The maximum atomic E-state index is 12.0. The van der Waals surface area contributed by atoms with Crippen molar-refractivity contribution >= 4 is 34.4 Å². The van der Waals surface area contributed by atoms with Gasteiger partial charge < -0.3 is 25.3 Å². The van der Waals surface area contributed by atoms with Crippen LogP contribution in [0.2, 0.25) is 0 Å². The second-order valence-electron chi connectivity index (χ2n) is 7.22. The first-order valence-corrected chi connectivity index (χ1v) is 9.97. The summed E-state index contributed by atoms with van der Waals surface area (Å²) in [6, 6.07) is 2.06. The van der Waals surface area contributed by atoms with Gasteiger partial charge in [0.05, 0.1) is 30.4 Å². The van der Waals surface area contributed by atoms with Crippen LogP contribution in [0, 0.1) is 0 Å². The van der Waals surface area contributed by atoms with E-state index in [-0.39, 0.29) is 11.9 Å². The molecule has 1 saturated heterocycles. The van der Waals surface area contributed by atoms with Crippen LogP contribution in [-0.4, -0.2) is 68.4 Å². The van der Waals surface area contributed by atoms with E-state index in [0.717, 1.165) is 41.9 Å². The third-order valence-corrected chi connectivity index (χ3v) is 5.08. The standard InChI is InChI=1S/C20H26N8O2/c1-3-17(29)27-8-4-5-14(12-27)23-19-16-6-7-21-18(16)25-20(26-19)24-15-11-22-28(13-15)9-10-30-2/h3,6-7,11,13-14H,1,4-5,8-10,12H2,2H3,(H3,21,23,24,25,26). The van der Waals surface area contributed by atoms with Crippen LogP contribution in [0.3, 0.4) is 0 Å². The molecule has 3 aromatic rings. The second-order valence-corrected chi connectivity index (χ2v) is 7.22. The molecule has 0 saturated carbocycles. The highest BCUT2D eigenvalue weighted by Crippen LogP contribution is 2.25. The number of H-pyrrole nitrogens is 1. The van der Waals surface area contributed by atoms with Crippen LogP contribution >= 0.6 is 0 Å². The van der Waals surface area contributed by atoms with Gasteiger partial charge in [0.25, 0.3) is 0 Å². The molecule has 1 unspecified atom stereocenters. The fourth-order valence-corrected chi connectivity index (χ4v) is 3.59. The van der Waals surface area contributed by atoms with Crippen molar-refractivity contribution in [2.24, 2.45) is 0 Å². The van der Waals surface area contributed by atoms with Crippen LogP contribution in [0.4, 0.5) is 17.5 Å². The number of carbonyl (C=O) groups excluding carboxylic acids is 1. The number of ether oxygens (including phenoxy) is 1. The highest BCUT2D eigenvalue weighted by Gasteiger charge is 2.23. The Morgan fingerprint density at radius 3 is 3.20 bits per heavy atom. The molecule has 30 heavy (non-hydrogen) atoms. The lowest BCUT2D eigenvalue weighted by Crippen LogP contribution is -2.44. The molecular formula is C20H26N8O2. The average Bonchev–Trinajstić information content (AvgIpc) is 3.41. The van der Waals surface area contributed by atoms with Gasteiger partial charge in [-0.3, -0.25) is 9.48 Å². The minimum Gasteiger partial charge on any atom is -0.383 e. The van der Waals surface area contributed by atoms with Crippen molar-refractivity contribution in [1.82, 2.24) is 29.6 Å². The van der Waals surface area contributed by atoms with E-state index in [9.17, 15) is 4.79 Å². The number of likely N-dealkylation sites (tertiary alicyclic amines) is 1. The maximum absolute atomic E-state index is 12.0. The monoisotopic (exact) mass is 410 g/mol. The predicted octanol–water partition coefficient (Wildman–Crippen LogP) is 2.13. The number of aromatic nitrogens is 5. The fourth-order valence-electron chi connectivity index (χ4n) is 3.59. The minimum atomic E-state index is -0.0381. The Hall–Kier alpha value is -3.40. The van der Waals surface area contributed by atoms with E-state index >= 15 is 0 Å². The van der Waals surface area contributed by atoms with Gasteiger partial charge in [0, 0.05) is 38.6 Å². The molecule has 10 heteroatoms. The van der Waals surface area contributed by atoms with Gasteiger partial charge in [-0.15, -0.1) is 0 Å². The maximum Gasteiger partial charge on any atom is 0.246 e. The quantitative estimate of drug-likeness (QED) is 0.488. The molecule has 1 aliphatic heterocycles. The second kappa shape index (κ2) is 8.95. The summed E-state index contributed by atoms with van der Waals surface area (Å²) < 4.78 is 6.88. The number of carbonyl (C=O) groups is 1. The van der Waals surface area contributed by atoms with Crippen LogP contribution in [0.5, 0.6) is 0 Å². The first-order valence-electron chi connectivity index (χ1n) is 9.97. The van der Waals surface area contributed by atoms with Crippen LogP contribution in [0.15, 0.2) is 37.3 Å². The van der Waals surface area contributed by atoms with Gasteiger partial charge in [0.2, 0.25) is 11.9 Å². The number of aromatic amines is 1. The number of nitrogens with zero attached hydrogens (tertiary/aromatic N) is 5. The molecule has 1 fully saturated rings. The summed E-state index contributed by atoms with van der Waals surface area (Å²) in [4.78, 5) is 26.2. The van der Waals surface area contributed by atoms with Gasteiger partial charge in [-0.05, 0) is 25.0 Å². The number of piperidine rings is 1.